The van der Waals surface area contributed by atoms with Crippen molar-refractivity contribution in [2.24, 2.45) is 5.73 Å². The summed E-state index contributed by atoms with van der Waals surface area (Å²) in [5.74, 6) is 0.639. The SMILES string of the molecule is NCC(CS(=O)c1ccc(Cl)cc1)c1ccccc1. The first-order valence-corrected chi connectivity index (χ1v) is 7.79. The van der Waals surface area contributed by atoms with Crippen LogP contribution in [0.2, 0.25) is 5.02 Å². The second-order valence-electron chi connectivity index (χ2n) is 4.31. The molecule has 2 N–H and O–H groups in total. The highest BCUT2D eigenvalue weighted by Crippen LogP contribution is 2.19. The van der Waals surface area contributed by atoms with Crippen molar-refractivity contribution >= 4 is 22.4 Å². The second kappa shape index (κ2) is 6.85. The fraction of sp³-hybridized carbons (Fsp3) is 0.200. The van der Waals surface area contributed by atoms with E-state index in [0.717, 1.165) is 10.5 Å². The van der Waals surface area contributed by atoms with Crippen molar-refractivity contribution in [3.63, 3.8) is 0 Å². The summed E-state index contributed by atoms with van der Waals surface area (Å²) in [6.07, 6.45) is 0. The lowest BCUT2D eigenvalue weighted by atomic mass is 10.0. The zero-order valence-corrected chi connectivity index (χ0v) is 12.0. The number of rotatable bonds is 5. The Morgan fingerprint density at radius 2 is 1.68 bits per heavy atom. The zero-order valence-electron chi connectivity index (χ0n) is 10.5. The van der Waals surface area contributed by atoms with Crippen molar-refractivity contribution in [1.82, 2.24) is 0 Å². The summed E-state index contributed by atoms with van der Waals surface area (Å²) in [6.45, 7) is 0.489. The smallest absolute Gasteiger partial charge is 0.0536 e. The lowest BCUT2D eigenvalue weighted by molar-refractivity contribution is 0.672. The van der Waals surface area contributed by atoms with E-state index in [0.29, 0.717) is 17.3 Å². The van der Waals surface area contributed by atoms with E-state index in [2.05, 4.69) is 0 Å². The van der Waals surface area contributed by atoms with Gasteiger partial charge in [-0.1, -0.05) is 41.9 Å². The topological polar surface area (TPSA) is 43.1 Å². The van der Waals surface area contributed by atoms with Gasteiger partial charge in [-0.3, -0.25) is 4.21 Å². The Hall–Kier alpha value is -1.16. The molecular formula is C15H16ClNOS. The van der Waals surface area contributed by atoms with E-state index in [1.165, 1.54) is 0 Å². The molecule has 0 spiro atoms. The molecule has 100 valence electrons. The highest BCUT2D eigenvalue weighted by Gasteiger charge is 2.14. The van der Waals surface area contributed by atoms with Gasteiger partial charge in [-0.15, -0.1) is 0 Å². The maximum absolute atomic E-state index is 12.3. The zero-order chi connectivity index (χ0) is 13.7. The van der Waals surface area contributed by atoms with E-state index in [1.54, 1.807) is 24.3 Å². The molecule has 0 saturated heterocycles. The van der Waals surface area contributed by atoms with Crippen LogP contribution >= 0.6 is 11.6 Å². The summed E-state index contributed by atoms with van der Waals surface area (Å²) >= 11 is 5.83. The molecule has 0 heterocycles. The van der Waals surface area contributed by atoms with E-state index in [4.69, 9.17) is 17.3 Å². The Balaban J connectivity index is 2.10. The van der Waals surface area contributed by atoms with Crippen LogP contribution < -0.4 is 5.73 Å². The van der Waals surface area contributed by atoms with Crippen LogP contribution in [0, 0.1) is 0 Å². The van der Waals surface area contributed by atoms with Gasteiger partial charge in [0.15, 0.2) is 0 Å². The van der Waals surface area contributed by atoms with Crippen LogP contribution in [0.15, 0.2) is 59.5 Å². The summed E-state index contributed by atoms with van der Waals surface area (Å²) in [5, 5.41) is 0.652. The Morgan fingerprint density at radius 3 is 2.26 bits per heavy atom. The lowest BCUT2D eigenvalue weighted by Crippen LogP contribution is -2.19. The molecule has 2 aromatic rings. The Morgan fingerprint density at radius 1 is 1.05 bits per heavy atom. The van der Waals surface area contributed by atoms with Gasteiger partial charge in [0.1, 0.15) is 0 Å². The van der Waals surface area contributed by atoms with E-state index in [-0.39, 0.29) is 5.92 Å². The molecule has 0 aliphatic rings. The van der Waals surface area contributed by atoms with Gasteiger partial charge in [0, 0.05) is 28.1 Å². The summed E-state index contributed by atoms with van der Waals surface area (Å²) in [4.78, 5) is 0.791. The predicted molar refractivity (Wildman–Crippen MR) is 81.0 cm³/mol. The van der Waals surface area contributed by atoms with Crippen LogP contribution in [0.4, 0.5) is 0 Å². The summed E-state index contributed by atoms with van der Waals surface area (Å²) in [7, 11) is -1.06. The predicted octanol–water partition coefficient (Wildman–Crippen LogP) is 3.19. The van der Waals surface area contributed by atoms with Crippen LogP contribution in [0.3, 0.4) is 0 Å². The van der Waals surface area contributed by atoms with Gasteiger partial charge in [0.25, 0.3) is 0 Å². The first-order valence-electron chi connectivity index (χ1n) is 6.09. The third-order valence-electron chi connectivity index (χ3n) is 2.98. The van der Waals surface area contributed by atoms with Gasteiger partial charge in [-0.05, 0) is 29.8 Å². The average molecular weight is 294 g/mol. The first-order chi connectivity index (χ1) is 9.20. The molecule has 4 heteroatoms. The monoisotopic (exact) mass is 293 g/mol. The molecule has 2 rings (SSSR count). The number of hydrogen-bond donors (Lipinski definition) is 1. The van der Waals surface area contributed by atoms with Gasteiger partial charge >= 0.3 is 0 Å². The third kappa shape index (κ3) is 3.90. The minimum atomic E-state index is -1.06. The quantitative estimate of drug-likeness (QED) is 0.920. The molecule has 0 amide bonds. The van der Waals surface area contributed by atoms with Crippen LogP contribution in [-0.4, -0.2) is 16.5 Å². The van der Waals surface area contributed by atoms with Crippen molar-refractivity contribution in [2.45, 2.75) is 10.8 Å². The molecule has 2 atom stereocenters. The summed E-state index contributed by atoms with van der Waals surface area (Å²) in [5.41, 5.74) is 6.93. The molecule has 19 heavy (non-hydrogen) atoms. The largest absolute Gasteiger partial charge is 0.330 e. The van der Waals surface area contributed by atoms with Gasteiger partial charge < -0.3 is 5.73 Å². The highest BCUT2D eigenvalue weighted by atomic mass is 35.5. The average Bonchev–Trinajstić information content (AvgIpc) is 2.46. The standard InChI is InChI=1S/C15H16ClNOS/c16-14-6-8-15(9-7-14)19(18)11-13(10-17)12-4-2-1-3-5-12/h1-9,13H,10-11,17H2. The first kappa shape index (κ1) is 14.3. The molecule has 2 aromatic carbocycles. The number of nitrogens with two attached hydrogens (primary N) is 1. The molecule has 2 nitrogen and oxygen atoms in total. The molecule has 0 aromatic heterocycles. The molecule has 0 bridgehead atoms. The van der Waals surface area contributed by atoms with Crippen molar-refractivity contribution in [2.75, 3.05) is 12.3 Å². The Bertz CT molecular complexity index is 542. The maximum Gasteiger partial charge on any atom is 0.0536 e. The molecule has 0 fully saturated rings. The van der Waals surface area contributed by atoms with Crippen molar-refractivity contribution in [1.29, 1.82) is 0 Å². The van der Waals surface area contributed by atoms with E-state index in [9.17, 15) is 4.21 Å². The van der Waals surface area contributed by atoms with E-state index in [1.807, 2.05) is 30.3 Å². The fourth-order valence-corrected chi connectivity index (χ4v) is 3.34. The highest BCUT2D eigenvalue weighted by molar-refractivity contribution is 7.85. The number of halogens is 1. The molecule has 0 saturated carbocycles. The number of hydrogen-bond acceptors (Lipinski definition) is 2. The van der Waals surface area contributed by atoms with E-state index < -0.39 is 10.8 Å². The number of benzene rings is 2. The Kier molecular flexibility index (Phi) is 5.14. The van der Waals surface area contributed by atoms with Crippen LogP contribution in [0.25, 0.3) is 0 Å². The van der Waals surface area contributed by atoms with Crippen LogP contribution in [0.1, 0.15) is 11.5 Å². The van der Waals surface area contributed by atoms with Crippen LogP contribution in [0.5, 0.6) is 0 Å². The summed E-state index contributed by atoms with van der Waals surface area (Å²) in [6, 6.07) is 17.1. The van der Waals surface area contributed by atoms with Gasteiger partial charge in [-0.2, -0.15) is 0 Å². The molecule has 0 aliphatic heterocycles. The van der Waals surface area contributed by atoms with Crippen molar-refractivity contribution in [3.05, 3.63) is 65.2 Å². The maximum atomic E-state index is 12.3. The molecule has 2 unspecified atom stereocenters. The molecule has 0 radical (unpaired) electrons. The van der Waals surface area contributed by atoms with Crippen molar-refractivity contribution in [3.8, 4) is 0 Å². The second-order valence-corrected chi connectivity index (χ2v) is 6.24. The van der Waals surface area contributed by atoms with Gasteiger partial charge in [-0.25, -0.2) is 0 Å². The van der Waals surface area contributed by atoms with Gasteiger partial charge in [0.05, 0.1) is 10.8 Å². The van der Waals surface area contributed by atoms with Crippen LogP contribution in [-0.2, 0) is 10.8 Å². The van der Waals surface area contributed by atoms with Crippen molar-refractivity contribution < 1.29 is 4.21 Å². The Labute approximate surface area is 121 Å². The molecular weight excluding hydrogens is 278 g/mol. The van der Waals surface area contributed by atoms with Gasteiger partial charge in [0.2, 0.25) is 0 Å². The third-order valence-corrected chi connectivity index (χ3v) is 4.74. The molecule has 0 aliphatic carbocycles. The minimum Gasteiger partial charge on any atom is -0.330 e. The fourth-order valence-electron chi connectivity index (χ4n) is 1.89. The van der Waals surface area contributed by atoms with E-state index >= 15 is 0 Å². The lowest BCUT2D eigenvalue weighted by Gasteiger charge is -2.14. The minimum absolute atomic E-state index is 0.109. The summed E-state index contributed by atoms with van der Waals surface area (Å²) < 4.78 is 12.3. The normalized spacial score (nSPS) is 14.0.